The number of amides is 1. The molecule has 0 bridgehead atoms. The third-order valence-corrected chi connectivity index (χ3v) is 3.13. The molecule has 0 aromatic carbocycles. The minimum atomic E-state index is -1.07. The molecule has 2 rings (SSSR count). The van der Waals surface area contributed by atoms with Gasteiger partial charge in [0.15, 0.2) is 0 Å². The Kier molecular flexibility index (Phi) is 3.80. The van der Waals surface area contributed by atoms with Crippen molar-refractivity contribution in [2.75, 3.05) is 13.2 Å². The highest BCUT2D eigenvalue weighted by atomic mass is 16.5. The second-order valence-corrected chi connectivity index (χ2v) is 4.68. The Bertz CT molecular complexity index is 493. The lowest BCUT2D eigenvalue weighted by Gasteiger charge is -2.38. The minimum Gasteiger partial charge on any atom is -0.478 e. The van der Waals surface area contributed by atoms with Crippen LogP contribution in [0.4, 0.5) is 0 Å². The van der Waals surface area contributed by atoms with Crippen molar-refractivity contribution >= 4 is 11.9 Å². The number of carboxylic acids is 1. The highest BCUT2D eigenvalue weighted by Crippen LogP contribution is 2.16. The minimum absolute atomic E-state index is 0.0495. The molecule has 1 aromatic heterocycles. The molecule has 6 heteroatoms. The van der Waals surface area contributed by atoms with Crippen LogP contribution >= 0.6 is 0 Å². The van der Waals surface area contributed by atoms with Gasteiger partial charge in [-0.1, -0.05) is 0 Å². The van der Waals surface area contributed by atoms with Crippen LogP contribution in [0, 0.1) is 0 Å². The van der Waals surface area contributed by atoms with E-state index in [1.807, 2.05) is 13.8 Å². The van der Waals surface area contributed by atoms with E-state index in [1.165, 1.54) is 18.3 Å². The van der Waals surface area contributed by atoms with Crippen LogP contribution in [0.1, 0.15) is 34.7 Å². The Morgan fingerprint density at radius 1 is 1.37 bits per heavy atom. The van der Waals surface area contributed by atoms with Crippen molar-refractivity contribution in [3.05, 3.63) is 29.6 Å². The van der Waals surface area contributed by atoms with Crippen LogP contribution in [-0.2, 0) is 4.74 Å². The number of pyridine rings is 1. The molecule has 0 spiro atoms. The SMILES string of the molecule is CC1COCC(C)N1C(=O)c1cc(C(=O)O)ccn1. The Morgan fingerprint density at radius 3 is 2.58 bits per heavy atom. The topological polar surface area (TPSA) is 79.7 Å². The van der Waals surface area contributed by atoms with Gasteiger partial charge in [0.2, 0.25) is 0 Å². The first kappa shape index (κ1) is 13.5. The predicted octanol–water partition coefficient (Wildman–Crippen LogP) is 1.03. The van der Waals surface area contributed by atoms with E-state index >= 15 is 0 Å². The number of carbonyl (C=O) groups excluding carboxylic acids is 1. The second kappa shape index (κ2) is 5.36. The van der Waals surface area contributed by atoms with Gasteiger partial charge in [-0.05, 0) is 26.0 Å². The molecule has 19 heavy (non-hydrogen) atoms. The fourth-order valence-electron chi connectivity index (χ4n) is 2.22. The van der Waals surface area contributed by atoms with E-state index in [9.17, 15) is 9.59 Å². The van der Waals surface area contributed by atoms with Crippen LogP contribution in [0.5, 0.6) is 0 Å². The zero-order valence-corrected chi connectivity index (χ0v) is 10.9. The Hall–Kier alpha value is -1.95. The zero-order chi connectivity index (χ0) is 14.0. The maximum absolute atomic E-state index is 12.4. The Balaban J connectivity index is 2.27. The smallest absolute Gasteiger partial charge is 0.335 e. The first-order chi connectivity index (χ1) is 9.00. The van der Waals surface area contributed by atoms with Crippen LogP contribution in [0.15, 0.2) is 18.3 Å². The molecule has 2 unspecified atom stereocenters. The molecule has 1 saturated heterocycles. The molecule has 0 saturated carbocycles. The Morgan fingerprint density at radius 2 is 2.00 bits per heavy atom. The van der Waals surface area contributed by atoms with Crippen LogP contribution in [0.3, 0.4) is 0 Å². The van der Waals surface area contributed by atoms with E-state index in [4.69, 9.17) is 9.84 Å². The number of carbonyl (C=O) groups is 2. The summed E-state index contributed by atoms with van der Waals surface area (Å²) in [4.78, 5) is 29.0. The van der Waals surface area contributed by atoms with Gasteiger partial charge < -0.3 is 14.7 Å². The molecule has 1 fully saturated rings. The standard InChI is InChI=1S/C13H16N2O4/c1-8-6-19-7-9(2)15(8)12(16)11-5-10(13(17)18)3-4-14-11/h3-5,8-9H,6-7H2,1-2H3,(H,17,18). The van der Waals surface area contributed by atoms with E-state index in [0.29, 0.717) is 13.2 Å². The molecule has 1 aliphatic heterocycles. The maximum Gasteiger partial charge on any atom is 0.335 e. The molecule has 1 aromatic rings. The number of nitrogens with zero attached hydrogens (tertiary/aromatic N) is 2. The van der Waals surface area contributed by atoms with Crippen LogP contribution in [-0.4, -0.2) is 52.2 Å². The van der Waals surface area contributed by atoms with E-state index in [2.05, 4.69) is 4.98 Å². The van der Waals surface area contributed by atoms with Gasteiger partial charge in [-0.2, -0.15) is 0 Å². The molecule has 2 heterocycles. The highest BCUT2D eigenvalue weighted by molar-refractivity contribution is 5.96. The lowest BCUT2D eigenvalue weighted by molar-refractivity contribution is -0.0252. The Labute approximate surface area is 111 Å². The quantitative estimate of drug-likeness (QED) is 0.863. The fraction of sp³-hybridized carbons (Fsp3) is 0.462. The van der Waals surface area contributed by atoms with Crippen LogP contribution in [0.25, 0.3) is 0 Å². The first-order valence-corrected chi connectivity index (χ1v) is 6.10. The molecular weight excluding hydrogens is 248 g/mol. The molecule has 0 radical (unpaired) electrons. The predicted molar refractivity (Wildman–Crippen MR) is 67.1 cm³/mol. The van der Waals surface area contributed by atoms with Crippen molar-refractivity contribution in [2.45, 2.75) is 25.9 Å². The van der Waals surface area contributed by atoms with Gasteiger partial charge in [-0.3, -0.25) is 9.78 Å². The molecule has 1 amide bonds. The highest BCUT2D eigenvalue weighted by Gasteiger charge is 2.31. The molecule has 0 aliphatic carbocycles. The second-order valence-electron chi connectivity index (χ2n) is 4.68. The average Bonchev–Trinajstić information content (AvgIpc) is 2.38. The van der Waals surface area contributed by atoms with Crippen molar-refractivity contribution < 1.29 is 19.4 Å². The van der Waals surface area contributed by atoms with Gasteiger partial charge in [0, 0.05) is 6.20 Å². The summed E-state index contributed by atoms with van der Waals surface area (Å²) in [6.07, 6.45) is 1.34. The van der Waals surface area contributed by atoms with Crippen molar-refractivity contribution in [1.29, 1.82) is 0 Å². The summed E-state index contributed by atoms with van der Waals surface area (Å²) in [7, 11) is 0. The molecule has 2 atom stereocenters. The molecule has 1 aliphatic rings. The normalized spacial score (nSPS) is 23.2. The molecular formula is C13H16N2O4. The van der Waals surface area contributed by atoms with E-state index in [1.54, 1.807) is 4.90 Å². The number of rotatable bonds is 2. The van der Waals surface area contributed by atoms with E-state index < -0.39 is 5.97 Å². The van der Waals surface area contributed by atoms with Crippen molar-refractivity contribution in [2.24, 2.45) is 0 Å². The van der Waals surface area contributed by atoms with E-state index in [0.717, 1.165) is 0 Å². The first-order valence-electron chi connectivity index (χ1n) is 6.10. The number of hydrogen-bond acceptors (Lipinski definition) is 4. The summed E-state index contributed by atoms with van der Waals surface area (Å²) in [5, 5.41) is 8.93. The van der Waals surface area contributed by atoms with Gasteiger partial charge in [0.25, 0.3) is 5.91 Å². The molecule has 6 nitrogen and oxygen atoms in total. The number of morpholine rings is 1. The van der Waals surface area contributed by atoms with Gasteiger partial charge in [0.1, 0.15) is 5.69 Å². The van der Waals surface area contributed by atoms with Crippen molar-refractivity contribution in [1.82, 2.24) is 9.88 Å². The fourth-order valence-corrected chi connectivity index (χ4v) is 2.22. The van der Waals surface area contributed by atoms with Gasteiger partial charge in [0.05, 0.1) is 30.9 Å². The summed E-state index contributed by atoms with van der Waals surface area (Å²) < 4.78 is 5.36. The van der Waals surface area contributed by atoms with Gasteiger partial charge in [-0.15, -0.1) is 0 Å². The van der Waals surface area contributed by atoms with Gasteiger partial charge in [-0.25, -0.2) is 4.79 Å². The summed E-state index contributed by atoms with van der Waals surface area (Å²) in [6, 6.07) is 2.57. The summed E-state index contributed by atoms with van der Waals surface area (Å²) in [6.45, 7) is 4.76. The van der Waals surface area contributed by atoms with Crippen LogP contribution < -0.4 is 0 Å². The van der Waals surface area contributed by atoms with Crippen molar-refractivity contribution in [3.8, 4) is 0 Å². The third kappa shape index (κ3) is 2.73. The average molecular weight is 264 g/mol. The summed E-state index contributed by atoms with van der Waals surface area (Å²) in [5.74, 6) is -1.33. The maximum atomic E-state index is 12.4. The van der Waals surface area contributed by atoms with Crippen molar-refractivity contribution in [3.63, 3.8) is 0 Å². The number of hydrogen-bond donors (Lipinski definition) is 1. The van der Waals surface area contributed by atoms with Crippen LogP contribution in [0.2, 0.25) is 0 Å². The number of carboxylic acid groups (broad SMARTS) is 1. The lowest BCUT2D eigenvalue weighted by atomic mass is 10.1. The molecule has 1 N–H and O–H groups in total. The number of ether oxygens (including phenoxy) is 1. The zero-order valence-electron chi connectivity index (χ0n) is 10.9. The number of aromatic carboxylic acids is 1. The lowest BCUT2D eigenvalue weighted by Crippen LogP contribution is -2.52. The van der Waals surface area contributed by atoms with E-state index in [-0.39, 0.29) is 29.2 Å². The number of aromatic nitrogens is 1. The summed E-state index contributed by atoms with van der Waals surface area (Å²) >= 11 is 0. The molecule has 102 valence electrons. The monoisotopic (exact) mass is 264 g/mol. The third-order valence-electron chi connectivity index (χ3n) is 3.13. The largest absolute Gasteiger partial charge is 0.478 e. The van der Waals surface area contributed by atoms with Gasteiger partial charge >= 0.3 is 5.97 Å². The summed E-state index contributed by atoms with van der Waals surface area (Å²) in [5.41, 5.74) is 0.215.